The summed E-state index contributed by atoms with van der Waals surface area (Å²) in [5.41, 5.74) is 0.943. The highest BCUT2D eigenvalue weighted by atomic mass is 16.2. The summed E-state index contributed by atoms with van der Waals surface area (Å²) in [7, 11) is 0. The molecule has 0 unspecified atom stereocenters. The topological polar surface area (TPSA) is 81.8 Å². The number of carbonyl (C=O) groups excluding carboxylic acids is 3. The van der Waals surface area contributed by atoms with Gasteiger partial charge < -0.3 is 20.4 Å². The molecule has 3 rings (SSSR count). The number of urea groups is 1. The fourth-order valence-electron chi connectivity index (χ4n) is 3.39. The molecular formula is C21H26N4O3. The van der Waals surface area contributed by atoms with Gasteiger partial charge in [-0.2, -0.15) is 0 Å². The van der Waals surface area contributed by atoms with Crippen molar-refractivity contribution < 1.29 is 14.4 Å². The highest BCUT2D eigenvalue weighted by molar-refractivity contribution is 5.91. The number of carbonyl (C=O) groups is 3. The number of amides is 4. The number of hydrogen-bond donors (Lipinski definition) is 2. The number of nitrogens with one attached hydrogen (secondary N) is 2. The Morgan fingerprint density at radius 2 is 1.57 bits per heavy atom. The van der Waals surface area contributed by atoms with E-state index < -0.39 is 0 Å². The van der Waals surface area contributed by atoms with E-state index in [1.165, 1.54) is 0 Å². The van der Waals surface area contributed by atoms with Gasteiger partial charge in [-0.05, 0) is 23.3 Å². The van der Waals surface area contributed by atoms with E-state index in [1.807, 2.05) is 49.4 Å². The predicted molar refractivity (Wildman–Crippen MR) is 108 cm³/mol. The highest BCUT2D eigenvalue weighted by Gasteiger charge is 2.23. The van der Waals surface area contributed by atoms with Crippen molar-refractivity contribution >= 4 is 28.6 Å². The van der Waals surface area contributed by atoms with Crippen LogP contribution in [-0.2, 0) is 16.0 Å². The molecule has 2 aromatic carbocycles. The summed E-state index contributed by atoms with van der Waals surface area (Å²) >= 11 is 0. The number of benzene rings is 2. The first-order valence-corrected chi connectivity index (χ1v) is 9.62. The Kier molecular flexibility index (Phi) is 6.47. The van der Waals surface area contributed by atoms with Crippen molar-refractivity contribution in [3.05, 3.63) is 48.0 Å². The standard InChI is InChI=1S/C21H26N4O3/c1-2-22-21(28)25-12-10-24(11-13-25)20(27)15-23-19(26)14-17-8-5-7-16-6-3-4-9-18(16)17/h3-9H,2,10-15H2,1H3,(H,22,28)(H,23,26). The van der Waals surface area contributed by atoms with Crippen molar-refractivity contribution in [2.24, 2.45) is 0 Å². The van der Waals surface area contributed by atoms with E-state index in [4.69, 9.17) is 0 Å². The maximum atomic E-state index is 12.4. The van der Waals surface area contributed by atoms with Crippen LogP contribution in [0.1, 0.15) is 12.5 Å². The van der Waals surface area contributed by atoms with Crippen LogP contribution in [0.4, 0.5) is 4.79 Å². The van der Waals surface area contributed by atoms with E-state index in [-0.39, 0.29) is 30.8 Å². The molecule has 148 valence electrons. The van der Waals surface area contributed by atoms with Crippen LogP contribution in [0.2, 0.25) is 0 Å². The molecule has 0 aliphatic carbocycles. The summed E-state index contributed by atoms with van der Waals surface area (Å²) in [4.78, 5) is 39.9. The van der Waals surface area contributed by atoms with Gasteiger partial charge in [-0.15, -0.1) is 0 Å². The van der Waals surface area contributed by atoms with E-state index in [9.17, 15) is 14.4 Å². The van der Waals surface area contributed by atoms with Crippen LogP contribution in [0.3, 0.4) is 0 Å². The van der Waals surface area contributed by atoms with Gasteiger partial charge in [0.1, 0.15) is 0 Å². The molecule has 1 saturated heterocycles. The number of piperazine rings is 1. The molecule has 4 amide bonds. The first kappa shape index (κ1) is 19.7. The Morgan fingerprint density at radius 3 is 2.32 bits per heavy atom. The molecule has 0 aromatic heterocycles. The van der Waals surface area contributed by atoms with Gasteiger partial charge in [0, 0.05) is 32.7 Å². The average molecular weight is 382 g/mol. The smallest absolute Gasteiger partial charge is 0.317 e. The summed E-state index contributed by atoms with van der Waals surface area (Å²) < 4.78 is 0. The third-order valence-corrected chi connectivity index (χ3v) is 4.92. The summed E-state index contributed by atoms with van der Waals surface area (Å²) in [6.07, 6.45) is 0.236. The lowest BCUT2D eigenvalue weighted by Crippen LogP contribution is -2.54. The zero-order valence-electron chi connectivity index (χ0n) is 16.1. The summed E-state index contributed by atoms with van der Waals surface area (Å²) in [6, 6.07) is 13.7. The van der Waals surface area contributed by atoms with Gasteiger partial charge in [0.25, 0.3) is 0 Å². The maximum Gasteiger partial charge on any atom is 0.317 e. The second kappa shape index (κ2) is 9.21. The normalized spacial score (nSPS) is 14.0. The summed E-state index contributed by atoms with van der Waals surface area (Å²) in [5.74, 6) is -0.299. The summed E-state index contributed by atoms with van der Waals surface area (Å²) in [5, 5.41) is 7.63. The lowest BCUT2D eigenvalue weighted by molar-refractivity contribution is -0.133. The van der Waals surface area contributed by atoms with Gasteiger partial charge in [0.15, 0.2) is 0 Å². The Labute approximate surface area is 164 Å². The second-order valence-electron chi connectivity index (χ2n) is 6.80. The van der Waals surface area contributed by atoms with Crippen molar-refractivity contribution in [2.75, 3.05) is 39.3 Å². The van der Waals surface area contributed by atoms with Gasteiger partial charge in [-0.1, -0.05) is 42.5 Å². The van der Waals surface area contributed by atoms with Crippen LogP contribution in [-0.4, -0.2) is 66.9 Å². The molecule has 0 atom stereocenters. The number of rotatable bonds is 5. The van der Waals surface area contributed by atoms with Crippen LogP contribution in [0.5, 0.6) is 0 Å². The second-order valence-corrected chi connectivity index (χ2v) is 6.80. The Balaban J connectivity index is 1.47. The first-order chi connectivity index (χ1) is 13.6. The largest absolute Gasteiger partial charge is 0.347 e. The lowest BCUT2D eigenvalue weighted by atomic mass is 10.0. The molecule has 2 N–H and O–H groups in total. The molecule has 0 spiro atoms. The molecule has 0 radical (unpaired) electrons. The minimum atomic E-state index is -0.175. The molecule has 0 saturated carbocycles. The fraction of sp³-hybridized carbons (Fsp3) is 0.381. The van der Waals surface area contributed by atoms with Gasteiger partial charge in [-0.3, -0.25) is 9.59 Å². The van der Waals surface area contributed by atoms with Crippen molar-refractivity contribution in [1.82, 2.24) is 20.4 Å². The number of fused-ring (bicyclic) bond motifs is 1. The molecule has 1 aliphatic heterocycles. The zero-order chi connectivity index (χ0) is 19.9. The molecule has 28 heavy (non-hydrogen) atoms. The highest BCUT2D eigenvalue weighted by Crippen LogP contribution is 2.18. The van der Waals surface area contributed by atoms with Crippen LogP contribution < -0.4 is 10.6 Å². The third-order valence-electron chi connectivity index (χ3n) is 4.92. The zero-order valence-corrected chi connectivity index (χ0v) is 16.1. The molecule has 1 fully saturated rings. The van der Waals surface area contributed by atoms with Gasteiger partial charge >= 0.3 is 6.03 Å². The van der Waals surface area contributed by atoms with E-state index in [0.29, 0.717) is 32.7 Å². The molecule has 1 aliphatic rings. The summed E-state index contributed by atoms with van der Waals surface area (Å²) in [6.45, 7) is 4.40. The molecule has 1 heterocycles. The van der Waals surface area contributed by atoms with Crippen LogP contribution in [0.25, 0.3) is 10.8 Å². The Bertz CT molecular complexity index is 854. The predicted octanol–water partition coefficient (Wildman–Crippen LogP) is 1.37. The fourth-order valence-corrected chi connectivity index (χ4v) is 3.39. The minimum Gasteiger partial charge on any atom is -0.347 e. The average Bonchev–Trinajstić information content (AvgIpc) is 2.72. The Hall–Kier alpha value is -3.09. The van der Waals surface area contributed by atoms with Crippen LogP contribution in [0.15, 0.2) is 42.5 Å². The molecular weight excluding hydrogens is 356 g/mol. The van der Waals surface area contributed by atoms with Crippen molar-refractivity contribution in [2.45, 2.75) is 13.3 Å². The van der Waals surface area contributed by atoms with E-state index in [0.717, 1.165) is 16.3 Å². The van der Waals surface area contributed by atoms with Crippen molar-refractivity contribution in [3.63, 3.8) is 0 Å². The minimum absolute atomic E-state index is 0.0231. The van der Waals surface area contributed by atoms with Gasteiger partial charge in [0.05, 0.1) is 13.0 Å². The van der Waals surface area contributed by atoms with Crippen LogP contribution in [0, 0.1) is 0 Å². The molecule has 0 bridgehead atoms. The number of nitrogens with zero attached hydrogens (tertiary/aromatic N) is 2. The maximum absolute atomic E-state index is 12.4. The number of hydrogen-bond acceptors (Lipinski definition) is 3. The molecule has 7 nitrogen and oxygen atoms in total. The molecule has 2 aromatic rings. The molecule has 7 heteroatoms. The van der Waals surface area contributed by atoms with E-state index in [2.05, 4.69) is 10.6 Å². The lowest BCUT2D eigenvalue weighted by Gasteiger charge is -2.34. The van der Waals surface area contributed by atoms with Crippen molar-refractivity contribution in [1.29, 1.82) is 0 Å². The SMILES string of the molecule is CCNC(=O)N1CCN(C(=O)CNC(=O)Cc2cccc3ccccc23)CC1. The van der Waals surface area contributed by atoms with E-state index >= 15 is 0 Å². The van der Waals surface area contributed by atoms with Crippen LogP contribution >= 0.6 is 0 Å². The Morgan fingerprint density at radius 1 is 0.893 bits per heavy atom. The van der Waals surface area contributed by atoms with Crippen molar-refractivity contribution in [3.8, 4) is 0 Å². The van der Waals surface area contributed by atoms with Gasteiger partial charge in [0.2, 0.25) is 11.8 Å². The van der Waals surface area contributed by atoms with E-state index in [1.54, 1.807) is 9.80 Å². The quantitative estimate of drug-likeness (QED) is 0.820. The third kappa shape index (κ3) is 4.79. The monoisotopic (exact) mass is 382 g/mol. The van der Waals surface area contributed by atoms with Gasteiger partial charge in [-0.25, -0.2) is 4.79 Å². The first-order valence-electron chi connectivity index (χ1n) is 9.62.